The zero-order chi connectivity index (χ0) is 13.9. The monoisotopic (exact) mass is 258 g/mol. The van der Waals surface area contributed by atoms with Gasteiger partial charge < -0.3 is 11.1 Å². The van der Waals surface area contributed by atoms with E-state index in [2.05, 4.69) is 10.4 Å². The molecule has 3 N–H and O–H groups in total. The van der Waals surface area contributed by atoms with Crippen molar-refractivity contribution in [1.29, 1.82) is 0 Å². The highest BCUT2D eigenvalue weighted by atomic mass is 16.1. The van der Waals surface area contributed by atoms with E-state index < -0.39 is 5.54 Å². The van der Waals surface area contributed by atoms with Gasteiger partial charge in [0.05, 0.1) is 5.69 Å². The highest BCUT2D eigenvalue weighted by Crippen LogP contribution is 2.08. The number of rotatable bonds is 4. The number of amides is 1. The lowest BCUT2D eigenvalue weighted by atomic mass is 10.1. The molecule has 1 aromatic heterocycles. The quantitative estimate of drug-likeness (QED) is 0.869. The van der Waals surface area contributed by atoms with Crippen molar-refractivity contribution < 1.29 is 4.79 Å². The number of carbonyl (C=O) groups is 1. The Morgan fingerprint density at radius 1 is 1.37 bits per heavy atom. The number of nitrogens with zero attached hydrogens (tertiary/aromatic N) is 2. The molecule has 100 valence electrons. The number of hydrogen-bond acceptors (Lipinski definition) is 3. The molecule has 2 aromatic rings. The van der Waals surface area contributed by atoms with Crippen LogP contribution in [0.3, 0.4) is 0 Å². The van der Waals surface area contributed by atoms with Gasteiger partial charge in [-0.25, -0.2) is 4.68 Å². The molecule has 0 saturated carbocycles. The van der Waals surface area contributed by atoms with Gasteiger partial charge in [-0.15, -0.1) is 0 Å². The molecule has 1 amide bonds. The fourth-order valence-electron chi connectivity index (χ4n) is 1.60. The van der Waals surface area contributed by atoms with Crippen molar-refractivity contribution in [2.24, 2.45) is 5.73 Å². The topological polar surface area (TPSA) is 72.9 Å². The van der Waals surface area contributed by atoms with Gasteiger partial charge in [0.15, 0.2) is 0 Å². The van der Waals surface area contributed by atoms with Gasteiger partial charge in [0.2, 0.25) is 0 Å². The van der Waals surface area contributed by atoms with Crippen LogP contribution in [0.15, 0.2) is 42.7 Å². The fraction of sp³-hybridized carbons (Fsp3) is 0.286. The Kier molecular flexibility index (Phi) is 3.66. The van der Waals surface area contributed by atoms with Crippen LogP contribution in [0.2, 0.25) is 0 Å². The van der Waals surface area contributed by atoms with E-state index in [0.717, 1.165) is 5.69 Å². The van der Waals surface area contributed by atoms with Gasteiger partial charge >= 0.3 is 0 Å². The Balaban J connectivity index is 2.04. The van der Waals surface area contributed by atoms with Crippen LogP contribution < -0.4 is 11.1 Å². The molecule has 0 aliphatic carbocycles. The van der Waals surface area contributed by atoms with Crippen LogP contribution in [-0.4, -0.2) is 27.8 Å². The molecule has 1 heterocycles. The molecule has 0 spiro atoms. The lowest BCUT2D eigenvalue weighted by Crippen LogP contribution is -2.45. The highest BCUT2D eigenvalue weighted by molar-refractivity contribution is 5.94. The summed E-state index contributed by atoms with van der Waals surface area (Å²) in [4.78, 5) is 11.9. The molecular weight excluding hydrogens is 240 g/mol. The van der Waals surface area contributed by atoms with E-state index >= 15 is 0 Å². The predicted molar refractivity (Wildman–Crippen MR) is 74.2 cm³/mol. The zero-order valence-corrected chi connectivity index (χ0v) is 11.1. The summed E-state index contributed by atoms with van der Waals surface area (Å²) in [6.07, 6.45) is 3.57. The summed E-state index contributed by atoms with van der Waals surface area (Å²) < 4.78 is 1.74. The minimum atomic E-state index is -0.412. The van der Waals surface area contributed by atoms with E-state index in [-0.39, 0.29) is 5.91 Å². The zero-order valence-electron chi connectivity index (χ0n) is 11.1. The van der Waals surface area contributed by atoms with Crippen LogP contribution in [-0.2, 0) is 0 Å². The van der Waals surface area contributed by atoms with Crippen molar-refractivity contribution in [3.05, 3.63) is 48.3 Å². The number of nitrogens with two attached hydrogens (primary N) is 1. The maximum absolute atomic E-state index is 11.9. The number of hydrogen-bond donors (Lipinski definition) is 2. The highest BCUT2D eigenvalue weighted by Gasteiger charge is 2.13. The summed E-state index contributed by atoms with van der Waals surface area (Å²) >= 11 is 0. The molecule has 19 heavy (non-hydrogen) atoms. The lowest BCUT2D eigenvalue weighted by Gasteiger charge is -2.18. The van der Waals surface area contributed by atoms with Crippen LogP contribution >= 0.6 is 0 Å². The molecule has 5 heteroatoms. The second-order valence-corrected chi connectivity index (χ2v) is 5.17. The Hall–Kier alpha value is -2.14. The largest absolute Gasteiger partial charge is 0.350 e. The van der Waals surface area contributed by atoms with Crippen molar-refractivity contribution in [3.8, 4) is 5.69 Å². The smallest absolute Gasteiger partial charge is 0.251 e. The van der Waals surface area contributed by atoms with E-state index in [1.54, 1.807) is 23.0 Å². The Labute approximate surface area is 112 Å². The SMILES string of the molecule is CC(C)(N)CNC(=O)c1ccc(-n2cccn2)cc1. The molecule has 2 rings (SSSR count). The minimum Gasteiger partial charge on any atom is -0.350 e. The Bertz CT molecular complexity index is 538. The molecule has 5 nitrogen and oxygen atoms in total. The minimum absolute atomic E-state index is 0.120. The van der Waals surface area contributed by atoms with Gasteiger partial charge in [0.25, 0.3) is 5.91 Å². The first-order chi connectivity index (χ1) is 8.96. The van der Waals surface area contributed by atoms with Crippen molar-refractivity contribution in [3.63, 3.8) is 0 Å². The first kappa shape index (κ1) is 13.3. The maximum Gasteiger partial charge on any atom is 0.251 e. The molecule has 0 unspecified atom stereocenters. The van der Waals surface area contributed by atoms with E-state index in [9.17, 15) is 4.79 Å². The fourth-order valence-corrected chi connectivity index (χ4v) is 1.60. The molecule has 0 saturated heterocycles. The number of aromatic nitrogens is 2. The molecule has 1 aromatic carbocycles. The van der Waals surface area contributed by atoms with Crippen LogP contribution in [0.4, 0.5) is 0 Å². The van der Waals surface area contributed by atoms with Crippen LogP contribution in [0.5, 0.6) is 0 Å². The average Bonchev–Trinajstić information content (AvgIpc) is 2.89. The normalized spacial score (nSPS) is 11.3. The van der Waals surface area contributed by atoms with Crippen molar-refractivity contribution in [1.82, 2.24) is 15.1 Å². The van der Waals surface area contributed by atoms with Gasteiger partial charge in [-0.2, -0.15) is 5.10 Å². The molecule has 0 radical (unpaired) electrons. The Morgan fingerprint density at radius 2 is 2.05 bits per heavy atom. The van der Waals surface area contributed by atoms with Crippen LogP contribution in [0.1, 0.15) is 24.2 Å². The number of nitrogens with one attached hydrogen (secondary N) is 1. The third-order valence-corrected chi connectivity index (χ3v) is 2.60. The third kappa shape index (κ3) is 3.66. The standard InChI is InChI=1S/C14H18N4O/c1-14(2,15)10-16-13(19)11-4-6-12(7-5-11)18-9-3-8-17-18/h3-9H,10,15H2,1-2H3,(H,16,19). The second kappa shape index (κ2) is 5.24. The predicted octanol–water partition coefficient (Wildman–Crippen LogP) is 1.34. The van der Waals surface area contributed by atoms with Crippen molar-refractivity contribution in [2.45, 2.75) is 19.4 Å². The molecular formula is C14H18N4O. The molecule has 0 bridgehead atoms. The van der Waals surface area contributed by atoms with Crippen molar-refractivity contribution in [2.75, 3.05) is 6.54 Å². The summed E-state index contributed by atoms with van der Waals surface area (Å²) in [7, 11) is 0. The van der Waals surface area contributed by atoms with Gasteiger partial charge in [0, 0.05) is 30.0 Å². The third-order valence-electron chi connectivity index (χ3n) is 2.60. The van der Waals surface area contributed by atoms with E-state index in [1.807, 2.05) is 38.2 Å². The lowest BCUT2D eigenvalue weighted by molar-refractivity contribution is 0.0946. The molecule has 0 atom stereocenters. The molecule has 0 fully saturated rings. The van der Waals surface area contributed by atoms with Crippen LogP contribution in [0, 0.1) is 0 Å². The second-order valence-electron chi connectivity index (χ2n) is 5.17. The van der Waals surface area contributed by atoms with Gasteiger partial charge in [-0.3, -0.25) is 4.79 Å². The average molecular weight is 258 g/mol. The maximum atomic E-state index is 11.9. The summed E-state index contributed by atoms with van der Waals surface area (Å²) in [5, 5.41) is 6.94. The first-order valence-corrected chi connectivity index (χ1v) is 6.13. The van der Waals surface area contributed by atoms with Crippen molar-refractivity contribution >= 4 is 5.91 Å². The van der Waals surface area contributed by atoms with Gasteiger partial charge in [-0.1, -0.05) is 0 Å². The number of benzene rings is 1. The van der Waals surface area contributed by atoms with E-state index in [1.165, 1.54) is 0 Å². The van der Waals surface area contributed by atoms with Crippen LogP contribution in [0.25, 0.3) is 5.69 Å². The number of carbonyl (C=O) groups excluding carboxylic acids is 1. The molecule has 0 aliphatic rings. The van der Waals surface area contributed by atoms with E-state index in [4.69, 9.17) is 5.73 Å². The summed E-state index contributed by atoms with van der Waals surface area (Å²) in [6, 6.07) is 9.11. The first-order valence-electron chi connectivity index (χ1n) is 6.13. The summed E-state index contributed by atoms with van der Waals surface area (Å²) in [6.45, 7) is 4.18. The molecule has 0 aliphatic heterocycles. The summed E-state index contributed by atoms with van der Waals surface area (Å²) in [5.74, 6) is -0.120. The van der Waals surface area contributed by atoms with Gasteiger partial charge in [0.1, 0.15) is 0 Å². The van der Waals surface area contributed by atoms with E-state index in [0.29, 0.717) is 12.1 Å². The Morgan fingerprint density at radius 3 is 2.58 bits per heavy atom. The van der Waals surface area contributed by atoms with Gasteiger partial charge in [-0.05, 0) is 44.2 Å². The summed E-state index contributed by atoms with van der Waals surface area (Å²) in [5.41, 5.74) is 6.94.